The van der Waals surface area contributed by atoms with Gasteiger partial charge >= 0.3 is 0 Å². The summed E-state index contributed by atoms with van der Waals surface area (Å²) in [6, 6.07) is 7.33. The van der Waals surface area contributed by atoms with Crippen molar-refractivity contribution < 1.29 is 4.79 Å². The number of amides is 1. The Balaban J connectivity index is 2.27. The van der Waals surface area contributed by atoms with Crippen LogP contribution in [-0.4, -0.2) is 26.3 Å². The number of nitrogens with zero attached hydrogens (tertiary/aromatic N) is 3. The molecule has 0 saturated heterocycles. The molecular formula is C18H22N4O2. The molecule has 0 aliphatic rings. The number of hydrogen-bond donors (Lipinski definition) is 1. The summed E-state index contributed by atoms with van der Waals surface area (Å²) in [7, 11) is 1.62. The van der Waals surface area contributed by atoms with Crippen molar-refractivity contribution in [3.05, 3.63) is 40.8 Å². The van der Waals surface area contributed by atoms with E-state index < -0.39 is 6.04 Å². The van der Waals surface area contributed by atoms with Crippen LogP contribution in [0.15, 0.2) is 35.3 Å². The van der Waals surface area contributed by atoms with Crippen molar-refractivity contribution in [1.82, 2.24) is 19.7 Å². The average molecular weight is 326 g/mol. The van der Waals surface area contributed by atoms with Crippen LogP contribution >= 0.6 is 0 Å². The molecule has 2 aromatic heterocycles. The van der Waals surface area contributed by atoms with Gasteiger partial charge in [-0.25, -0.2) is 4.68 Å². The lowest BCUT2D eigenvalue weighted by molar-refractivity contribution is -0.124. The Hall–Kier alpha value is -2.63. The van der Waals surface area contributed by atoms with Gasteiger partial charge in [0.05, 0.1) is 11.7 Å². The molecule has 3 aromatic rings. The fraction of sp³-hybridized carbons (Fsp3) is 0.389. The third-order valence-electron chi connectivity index (χ3n) is 4.57. The molecule has 0 bridgehead atoms. The van der Waals surface area contributed by atoms with E-state index in [1.807, 2.05) is 49.6 Å². The van der Waals surface area contributed by atoms with Crippen LogP contribution < -0.4 is 10.9 Å². The van der Waals surface area contributed by atoms with Crippen LogP contribution in [0.1, 0.15) is 33.2 Å². The van der Waals surface area contributed by atoms with Gasteiger partial charge in [0, 0.05) is 23.9 Å². The van der Waals surface area contributed by atoms with E-state index in [0.717, 1.165) is 22.7 Å². The number of hydrogen-bond acceptors (Lipinski definition) is 3. The van der Waals surface area contributed by atoms with Gasteiger partial charge < -0.3 is 9.88 Å². The first-order valence-corrected chi connectivity index (χ1v) is 8.21. The summed E-state index contributed by atoms with van der Waals surface area (Å²) in [5.74, 6) is -0.0918. The van der Waals surface area contributed by atoms with E-state index in [1.54, 1.807) is 13.2 Å². The number of fused-ring (bicyclic) bond motifs is 3. The Morgan fingerprint density at radius 2 is 1.96 bits per heavy atom. The van der Waals surface area contributed by atoms with E-state index in [4.69, 9.17) is 0 Å². The number of nitrogens with one attached hydrogen (secondary N) is 1. The van der Waals surface area contributed by atoms with Gasteiger partial charge in [-0.1, -0.05) is 25.1 Å². The molecule has 24 heavy (non-hydrogen) atoms. The summed E-state index contributed by atoms with van der Waals surface area (Å²) in [5.41, 5.74) is 1.18. The minimum absolute atomic E-state index is 0.0918. The van der Waals surface area contributed by atoms with Crippen LogP contribution in [0.3, 0.4) is 0 Å². The standard InChI is InChI=1S/C18H22N4O2/c1-5-11(2)20-17(23)12(3)22-15-9-7-6-8-13(15)14-10-19-21(4)18(24)16(14)22/h6-12H,5H2,1-4H3,(H,20,23)/t11-,12+/m0/s1. The highest BCUT2D eigenvalue weighted by Gasteiger charge is 2.23. The average Bonchev–Trinajstić information content (AvgIpc) is 2.92. The van der Waals surface area contributed by atoms with Gasteiger partial charge in [0.2, 0.25) is 5.91 Å². The molecule has 0 aliphatic carbocycles. The Morgan fingerprint density at radius 1 is 1.25 bits per heavy atom. The van der Waals surface area contributed by atoms with Gasteiger partial charge in [-0.2, -0.15) is 5.10 Å². The quantitative estimate of drug-likeness (QED) is 0.800. The van der Waals surface area contributed by atoms with Crippen molar-refractivity contribution in [2.75, 3.05) is 0 Å². The third-order valence-corrected chi connectivity index (χ3v) is 4.57. The smallest absolute Gasteiger partial charge is 0.291 e. The fourth-order valence-corrected chi connectivity index (χ4v) is 2.97. The Labute approximate surface area is 140 Å². The van der Waals surface area contributed by atoms with Crippen LogP contribution in [0, 0.1) is 0 Å². The second-order valence-corrected chi connectivity index (χ2v) is 6.22. The van der Waals surface area contributed by atoms with E-state index in [9.17, 15) is 9.59 Å². The van der Waals surface area contributed by atoms with Crippen LogP contribution in [0.2, 0.25) is 0 Å². The van der Waals surface area contributed by atoms with Crippen molar-refractivity contribution in [2.24, 2.45) is 7.05 Å². The highest BCUT2D eigenvalue weighted by atomic mass is 16.2. The maximum atomic E-state index is 12.7. The summed E-state index contributed by atoms with van der Waals surface area (Å²) >= 11 is 0. The number of benzene rings is 1. The zero-order chi connectivity index (χ0) is 17.4. The molecule has 0 saturated carbocycles. The normalized spacial score (nSPS) is 14.0. The van der Waals surface area contributed by atoms with E-state index in [1.165, 1.54) is 4.68 Å². The molecule has 2 heterocycles. The van der Waals surface area contributed by atoms with E-state index in [0.29, 0.717) is 5.52 Å². The number of carbonyl (C=O) groups is 1. The third kappa shape index (κ3) is 2.48. The minimum Gasteiger partial charge on any atom is -0.352 e. The molecular weight excluding hydrogens is 304 g/mol. The van der Waals surface area contributed by atoms with Gasteiger partial charge in [0.25, 0.3) is 5.56 Å². The van der Waals surface area contributed by atoms with Gasteiger partial charge in [-0.05, 0) is 26.3 Å². The van der Waals surface area contributed by atoms with Crippen molar-refractivity contribution in [3.8, 4) is 0 Å². The van der Waals surface area contributed by atoms with Crippen molar-refractivity contribution in [2.45, 2.75) is 39.3 Å². The monoisotopic (exact) mass is 326 g/mol. The summed E-state index contributed by atoms with van der Waals surface area (Å²) in [5, 5.41) is 8.83. The summed E-state index contributed by atoms with van der Waals surface area (Å²) in [6.07, 6.45) is 2.55. The summed E-state index contributed by atoms with van der Waals surface area (Å²) in [6.45, 7) is 5.82. The van der Waals surface area contributed by atoms with Crippen LogP contribution in [-0.2, 0) is 11.8 Å². The predicted octanol–water partition coefficient (Wildman–Crippen LogP) is 2.36. The van der Waals surface area contributed by atoms with Crippen molar-refractivity contribution in [1.29, 1.82) is 0 Å². The molecule has 3 rings (SSSR count). The van der Waals surface area contributed by atoms with Gasteiger partial charge in [0.15, 0.2) is 0 Å². The topological polar surface area (TPSA) is 68.9 Å². The van der Waals surface area contributed by atoms with Gasteiger partial charge in [0.1, 0.15) is 11.6 Å². The first kappa shape index (κ1) is 16.2. The molecule has 0 radical (unpaired) electrons. The van der Waals surface area contributed by atoms with Gasteiger partial charge in [-0.15, -0.1) is 0 Å². The number of aryl methyl sites for hydroxylation is 1. The maximum Gasteiger partial charge on any atom is 0.291 e. The first-order chi connectivity index (χ1) is 11.5. The molecule has 126 valence electrons. The second-order valence-electron chi connectivity index (χ2n) is 6.22. The highest BCUT2D eigenvalue weighted by molar-refractivity contribution is 6.08. The largest absolute Gasteiger partial charge is 0.352 e. The molecule has 6 heteroatoms. The predicted molar refractivity (Wildman–Crippen MR) is 95.1 cm³/mol. The molecule has 1 aromatic carbocycles. The summed E-state index contributed by atoms with van der Waals surface area (Å²) < 4.78 is 3.13. The molecule has 6 nitrogen and oxygen atoms in total. The lowest BCUT2D eigenvalue weighted by Crippen LogP contribution is -2.37. The molecule has 0 unspecified atom stereocenters. The number of rotatable bonds is 4. The van der Waals surface area contributed by atoms with Crippen LogP contribution in [0.4, 0.5) is 0 Å². The number of para-hydroxylation sites is 1. The molecule has 2 atom stereocenters. The number of carbonyl (C=O) groups excluding carboxylic acids is 1. The second kappa shape index (κ2) is 6.11. The summed E-state index contributed by atoms with van der Waals surface area (Å²) in [4.78, 5) is 25.3. The fourth-order valence-electron chi connectivity index (χ4n) is 2.97. The Bertz CT molecular complexity index is 970. The number of aromatic nitrogens is 3. The van der Waals surface area contributed by atoms with E-state index in [2.05, 4.69) is 10.4 Å². The molecule has 0 aliphatic heterocycles. The molecule has 1 N–H and O–H groups in total. The highest BCUT2D eigenvalue weighted by Crippen LogP contribution is 2.29. The van der Waals surface area contributed by atoms with E-state index in [-0.39, 0.29) is 17.5 Å². The van der Waals surface area contributed by atoms with Gasteiger partial charge in [-0.3, -0.25) is 9.59 Å². The van der Waals surface area contributed by atoms with Crippen molar-refractivity contribution >= 4 is 27.7 Å². The van der Waals surface area contributed by atoms with Crippen LogP contribution in [0.25, 0.3) is 21.8 Å². The lowest BCUT2D eigenvalue weighted by atomic mass is 10.2. The minimum atomic E-state index is -0.489. The van der Waals surface area contributed by atoms with E-state index >= 15 is 0 Å². The van der Waals surface area contributed by atoms with Crippen LogP contribution in [0.5, 0.6) is 0 Å². The first-order valence-electron chi connectivity index (χ1n) is 8.21. The molecule has 1 amide bonds. The Morgan fingerprint density at radius 3 is 2.67 bits per heavy atom. The molecule has 0 spiro atoms. The zero-order valence-electron chi connectivity index (χ0n) is 14.4. The molecule has 0 fully saturated rings. The SMILES string of the molecule is CC[C@H](C)NC(=O)[C@@H](C)n1c2ccccc2c2cnn(C)c(=O)c21. The maximum absolute atomic E-state index is 12.7. The lowest BCUT2D eigenvalue weighted by Gasteiger charge is -2.19. The zero-order valence-corrected chi connectivity index (χ0v) is 14.4. The Kier molecular flexibility index (Phi) is 4.13. The van der Waals surface area contributed by atoms with Crippen molar-refractivity contribution in [3.63, 3.8) is 0 Å².